The van der Waals surface area contributed by atoms with Gasteiger partial charge in [0.05, 0.1) is 5.52 Å². The molecule has 0 unspecified atom stereocenters. The molecule has 1 aliphatic carbocycles. The Kier molecular flexibility index (Phi) is 2.52. The fourth-order valence-electron chi connectivity index (χ4n) is 2.39. The van der Waals surface area contributed by atoms with E-state index in [9.17, 15) is 10.0 Å². The van der Waals surface area contributed by atoms with Crippen LogP contribution < -0.4 is 5.06 Å². The Morgan fingerprint density at radius 3 is 2.89 bits per heavy atom. The lowest BCUT2D eigenvalue weighted by molar-refractivity contribution is 0.0967. The Morgan fingerprint density at radius 1 is 1.28 bits per heavy atom. The van der Waals surface area contributed by atoms with Crippen molar-refractivity contribution >= 4 is 22.4 Å². The van der Waals surface area contributed by atoms with Gasteiger partial charge in [-0.2, -0.15) is 0 Å². The van der Waals surface area contributed by atoms with Gasteiger partial charge in [0.25, 0.3) is 0 Å². The summed E-state index contributed by atoms with van der Waals surface area (Å²) in [6.45, 7) is 0. The molecule has 1 aliphatic rings. The molecule has 4 heteroatoms. The molecule has 3 rings (SSSR count). The average molecular weight is 241 g/mol. The highest BCUT2D eigenvalue weighted by molar-refractivity contribution is 5.99. The van der Waals surface area contributed by atoms with Crippen molar-refractivity contribution in [2.24, 2.45) is 0 Å². The van der Waals surface area contributed by atoms with E-state index < -0.39 is 0 Å². The standard InChI is InChI=1S/C14H13N2O2/c1-16(18)11-5-6-12-10(8-11)7-9-3-2-4-13(17)14(9)15-12/h5-8H,2-4H2,1H3/q-1. The molecule has 0 radical (unpaired) electrons. The zero-order valence-corrected chi connectivity index (χ0v) is 10.1. The average Bonchev–Trinajstić information content (AvgIpc) is 2.36. The van der Waals surface area contributed by atoms with E-state index in [1.165, 1.54) is 7.05 Å². The largest absolute Gasteiger partial charge is 0.758 e. The van der Waals surface area contributed by atoms with Crippen LogP contribution in [0.25, 0.3) is 10.9 Å². The van der Waals surface area contributed by atoms with Crippen LogP contribution in [0, 0.1) is 5.21 Å². The van der Waals surface area contributed by atoms with Crippen LogP contribution in [-0.2, 0) is 6.42 Å². The molecule has 0 N–H and O–H groups in total. The summed E-state index contributed by atoms with van der Waals surface area (Å²) in [5.74, 6) is 0.128. The van der Waals surface area contributed by atoms with Crippen LogP contribution in [0.2, 0.25) is 0 Å². The molecule has 1 aromatic heterocycles. The Hall–Kier alpha value is -1.94. The fraction of sp³-hybridized carbons (Fsp3) is 0.286. The zero-order valence-electron chi connectivity index (χ0n) is 10.1. The van der Waals surface area contributed by atoms with Crippen LogP contribution in [0.3, 0.4) is 0 Å². The molecular weight excluding hydrogens is 228 g/mol. The molecule has 1 heterocycles. The molecule has 1 aromatic carbocycles. The molecular formula is C14H13N2O2-. The summed E-state index contributed by atoms with van der Waals surface area (Å²) in [7, 11) is 1.47. The van der Waals surface area contributed by atoms with Gasteiger partial charge in [-0.25, -0.2) is 4.98 Å². The zero-order chi connectivity index (χ0) is 12.7. The van der Waals surface area contributed by atoms with Crippen molar-refractivity contribution in [3.05, 3.63) is 40.7 Å². The summed E-state index contributed by atoms with van der Waals surface area (Å²) in [5.41, 5.74) is 2.99. The molecule has 0 fully saturated rings. The van der Waals surface area contributed by atoms with Gasteiger partial charge in [-0.3, -0.25) is 4.79 Å². The number of hydrogen-bond donors (Lipinski definition) is 0. The number of hydrogen-bond acceptors (Lipinski definition) is 4. The van der Waals surface area contributed by atoms with Gasteiger partial charge in [0.2, 0.25) is 0 Å². The lowest BCUT2D eigenvalue weighted by atomic mass is 9.94. The predicted octanol–water partition coefficient (Wildman–Crippen LogP) is 2.69. The van der Waals surface area contributed by atoms with E-state index in [1.807, 2.05) is 12.1 Å². The molecule has 0 bridgehead atoms. The van der Waals surface area contributed by atoms with Gasteiger partial charge < -0.3 is 10.3 Å². The van der Waals surface area contributed by atoms with Crippen molar-refractivity contribution in [2.45, 2.75) is 19.3 Å². The predicted molar refractivity (Wildman–Crippen MR) is 70.8 cm³/mol. The smallest absolute Gasteiger partial charge is 0.181 e. The maximum atomic E-state index is 11.8. The normalized spacial score (nSPS) is 14.7. The second kappa shape index (κ2) is 4.07. The number of ketones is 1. The van der Waals surface area contributed by atoms with E-state index in [0.29, 0.717) is 17.8 Å². The van der Waals surface area contributed by atoms with Crippen molar-refractivity contribution in [3.8, 4) is 0 Å². The first-order valence-electron chi connectivity index (χ1n) is 6.03. The van der Waals surface area contributed by atoms with Gasteiger partial charge in [0.15, 0.2) is 5.78 Å². The van der Waals surface area contributed by atoms with Crippen LogP contribution in [0.1, 0.15) is 28.9 Å². The lowest BCUT2D eigenvalue weighted by Gasteiger charge is -2.25. The van der Waals surface area contributed by atoms with E-state index >= 15 is 0 Å². The number of rotatable bonds is 1. The molecule has 2 aromatic rings. The third-order valence-corrected chi connectivity index (χ3v) is 3.35. The summed E-state index contributed by atoms with van der Waals surface area (Å²) in [4.78, 5) is 16.2. The number of fused-ring (bicyclic) bond motifs is 2. The Balaban J connectivity index is 2.20. The first-order chi connectivity index (χ1) is 8.65. The van der Waals surface area contributed by atoms with Crippen molar-refractivity contribution < 1.29 is 4.79 Å². The Bertz CT molecular complexity index is 635. The van der Waals surface area contributed by atoms with Crippen LogP contribution in [0.5, 0.6) is 0 Å². The molecule has 0 atom stereocenters. The van der Waals surface area contributed by atoms with Crippen molar-refractivity contribution in [3.63, 3.8) is 0 Å². The number of Topliss-reactive ketones (excluding diaryl/α,β-unsaturated/α-hetero) is 1. The number of benzene rings is 1. The lowest BCUT2D eigenvalue weighted by Crippen LogP contribution is -2.13. The first-order valence-corrected chi connectivity index (χ1v) is 6.03. The summed E-state index contributed by atoms with van der Waals surface area (Å²) in [6.07, 6.45) is 2.37. The number of aromatic nitrogens is 1. The van der Waals surface area contributed by atoms with Gasteiger partial charge in [0, 0.05) is 17.5 Å². The maximum absolute atomic E-state index is 11.8. The molecule has 0 saturated heterocycles. The molecule has 0 spiro atoms. The van der Waals surface area contributed by atoms with Gasteiger partial charge in [0.1, 0.15) is 5.69 Å². The number of hydroxylamine groups is 1. The third kappa shape index (κ3) is 1.75. The molecule has 0 amide bonds. The van der Waals surface area contributed by atoms with Crippen molar-refractivity contribution in [1.29, 1.82) is 0 Å². The Labute approximate surface area is 105 Å². The molecule has 0 saturated carbocycles. The number of nitrogens with zero attached hydrogens (tertiary/aromatic N) is 2. The van der Waals surface area contributed by atoms with Gasteiger partial charge >= 0.3 is 0 Å². The topological polar surface area (TPSA) is 56.3 Å². The van der Waals surface area contributed by atoms with Crippen LogP contribution in [-0.4, -0.2) is 17.8 Å². The number of pyridine rings is 1. The summed E-state index contributed by atoms with van der Waals surface area (Å²) in [6, 6.07) is 7.32. The highest BCUT2D eigenvalue weighted by Crippen LogP contribution is 2.26. The minimum atomic E-state index is 0.128. The van der Waals surface area contributed by atoms with E-state index in [1.54, 1.807) is 12.1 Å². The number of carbonyl (C=O) groups is 1. The SMILES string of the molecule is CN([O-])c1ccc2nc3c(cc2c1)CCCC3=O. The van der Waals surface area contributed by atoms with E-state index in [2.05, 4.69) is 4.98 Å². The molecule has 4 nitrogen and oxygen atoms in total. The minimum Gasteiger partial charge on any atom is -0.758 e. The maximum Gasteiger partial charge on any atom is 0.181 e. The monoisotopic (exact) mass is 241 g/mol. The summed E-state index contributed by atoms with van der Waals surface area (Å²) >= 11 is 0. The molecule has 18 heavy (non-hydrogen) atoms. The van der Waals surface area contributed by atoms with Gasteiger partial charge in [-0.1, -0.05) is 0 Å². The summed E-state index contributed by atoms with van der Waals surface area (Å²) in [5, 5.41) is 13.0. The van der Waals surface area contributed by atoms with Gasteiger partial charge in [-0.15, -0.1) is 0 Å². The quantitative estimate of drug-likeness (QED) is 0.720. The number of carbonyl (C=O) groups excluding carboxylic acids is 1. The number of anilines is 1. The minimum absolute atomic E-state index is 0.128. The summed E-state index contributed by atoms with van der Waals surface area (Å²) < 4.78 is 0. The van der Waals surface area contributed by atoms with Crippen molar-refractivity contribution in [2.75, 3.05) is 12.1 Å². The highest BCUT2D eigenvalue weighted by atomic mass is 16.5. The van der Waals surface area contributed by atoms with Crippen LogP contribution in [0.4, 0.5) is 5.69 Å². The first kappa shape index (κ1) is 11.2. The molecule has 92 valence electrons. The third-order valence-electron chi connectivity index (χ3n) is 3.35. The second-order valence-electron chi connectivity index (χ2n) is 4.65. The fourth-order valence-corrected chi connectivity index (χ4v) is 2.39. The van der Waals surface area contributed by atoms with Gasteiger partial charge in [-0.05, 0) is 49.7 Å². The molecule has 0 aliphatic heterocycles. The number of aryl methyl sites for hydroxylation is 1. The highest BCUT2D eigenvalue weighted by Gasteiger charge is 2.19. The van der Waals surface area contributed by atoms with E-state index in [-0.39, 0.29) is 5.78 Å². The van der Waals surface area contributed by atoms with Crippen LogP contribution >= 0.6 is 0 Å². The second-order valence-corrected chi connectivity index (χ2v) is 4.65. The Morgan fingerprint density at radius 2 is 2.11 bits per heavy atom. The van der Waals surface area contributed by atoms with E-state index in [0.717, 1.165) is 34.4 Å². The van der Waals surface area contributed by atoms with E-state index in [4.69, 9.17) is 0 Å². The van der Waals surface area contributed by atoms with Crippen LogP contribution in [0.15, 0.2) is 24.3 Å². The van der Waals surface area contributed by atoms with Crippen molar-refractivity contribution in [1.82, 2.24) is 4.98 Å².